The molecule has 1 N–H and O–H groups in total. The zero-order valence-electron chi connectivity index (χ0n) is 9.36. The third kappa shape index (κ3) is 3.87. The molecule has 0 amide bonds. The molecule has 0 aliphatic rings. The normalized spacial score (nSPS) is 14.4. The minimum absolute atomic E-state index is 0.154. The van der Waals surface area contributed by atoms with Gasteiger partial charge in [0.25, 0.3) is 0 Å². The van der Waals surface area contributed by atoms with Crippen molar-refractivity contribution in [2.45, 2.75) is 39.7 Å². The molecule has 1 heterocycles. The number of hydrogen-bond acceptors (Lipinski definition) is 3. The summed E-state index contributed by atoms with van der Waals surface area (Å²) in [5.41, 5.74) is 1.01. The van der Waals surface area contributed by atoms with Crippen molar-refractivity contribution in [3.8, 4) is 0 Å². The quantitative estimate of drug-likeness (QED) is 0.791. The summed E-state index contributed by atoms with van der Waals surface area (Å²) in [6, 6.07) is 0. The first-order valence-corrected chi connectivity index (χ1v) is 4.90. The molecule has 0 radical (unpaired) electrons. The van der Waals surface area contributed by atoms with Crippen LogP contribution >= 0.6 is 0 Å². The predicted molar refractivity (Wildman–Crippen MR) is 54.8 cm³/mol. The molecule has 0 aliphatic heterocycles. The van der Waals surface area contributed by atoms with Crippen molar-refractivity contribution < 1.29 is 5.11 Å². The number of aliphatic hydroxyl groups excluding tert-OH is 1. The molecule has 0 saturated carbocycles. The summed E-state index contributed by atoms with van der Waals surface area (Å²) in [5.74, 6) is 0. The Morgan fingerprint density at radius 3 is 2.57 bits per heavy atom. The Morgan fingerprint density at radius 1 is 1.50 bits per heavy atom. The Balaban J connectivity index is 2.45. The van der Waals surface area contributed by atoms with Crippen LogP contribution in [-0.4, -0.2) is 26.2 Å². The summed E-state index contributed by atoms with van der Waals surface area (Å²) in [4.78, 5) is 0. The number of hydrogen-bond donors (Lipinski definition) is 1. The van der Waals surface area contributed by atoms with E-state index in [0.717, 1.165) is 12.1 Å². The van der Waals surface area contributed by atoms with E-state index in [1.54, 1.807) is 4.68 Å². The van der Waals surface area contributed by atoms with E-state index in [4.69, 9.17) is 0 Å². The highest BCUT2D eigenvalue weighted by molar-refractivity contribution is 4.94. The maximum absolute atomic E-state index is 9.77. The average molecular weight is 197 g/mol. The fourth-order valence-electron chi connectivity index (χ4n) is 1.51. The van der Waals surface area contributed by atoms with Gasteiger partial charge in [-0.25, -0.2) is 0 Å². The predicted octanol–water partition coefficient (Wildman–Crippen LogP) is 1.15. The van der Waals surface area contributed by atoms with Gasteiger partial charge in [0.1, 0.15) is 0 Å². The molecule has 1 unspecified atom stereocenters. The molecule has 1 atom stereocenters. The van der Waals surface area contributed by atoms with Crippen LogP contribution in [-0.2, 0) is 13.5 Å². The van der Waals surface area contributed by atoms with Crippen LogP contribution in [0.25, 0.3) is 0 Å². The van der Waals surface area contributed by atoms with Crippen molar-refractivity contribution in [3.63, 3.8) is 0 Å². The van der Waals surface area contributed by atoms with Crippen LogP contribution in [0.1, 0.15) is 32.9 Å². The van der Waals surface area contributed by atoms with Gasteiger partial charge in [-0.05, 0) is 11.8 Å². The van der Waals surface area contributed by atoms with Gasteiger partial charge in [-0.15, -0.1) is 5.10 Å². The van der Waals surface area contributed by atoms with Crippen molar-refractivity contribution in [1.82, 2.24) is 15.0 Å². The smallest absolute Gasteiger partial charge is 0.0852 e. The molecule has 1 aromatic heterocycles. The first kappa shape index (κ1) is 11.2. The highest BCUT2D eigenvalue weighted by Gasteiger charge is 2.17. The van der Waals surface area contributed by atoms with Crippen molar-refractivity contribution in [1.29, 1.82) is 0 Å². The fraction of sp³-hybridized carbons (Fsp3) is 0.800. The topological polar surface area (TPSA) is 50.9 Å². The molecule has 0 aliphatic carbocycles. The standard InChI is InChI=1S/C10H19N3O/c1-10(2,3)6-9(14)5-8-7-13(4)12-11-8/h7,9,14H,5-6H2,1-4H3. The maximum atomic E-state index is 9.77. The second-order valence-electron chi connectivity index (χ2n) is 5.01. The Kier molecular flexibility index (Phi) is 3.26. The van der Waals surface area contributed by atoms with Crippen molar-refractivity contribution in [2.24, 2.45) is 12.5 Å². The van der Waals surface area contributed by atoms with E-state index in [0.29, 0.717) is 6.42 Å². The zero-order valence-corrected chi connectivity index (χ0v) is 9.36. The van der Waals surface area contributed by atoms with Gasteiger partial charge in [0.05, 0.1) is 11.8 Å². The van der Waals surface area contributed by atoms with E-state index >= 15 is 0 Å². The van der Waals surface area contributed by atoms with E-state index in [9.17, 15) is 5.11 Å². The largest absolute Gasteiger partial charge is 0.393 e. The number of aryl methyl sites for hydroxylation is 1. The molecule has 1 rings (SSSR count). The minimum atomic E-state index is -0.327. The zero-order chi connectivity index (χ0) is 10.8. The van der Waals surface area contributed by atoms with Crippen LogP contribution in [0.3, 0.4) is 0 Å². The lowest BCUT2D eigenvalue weighted by molar-refractivity contribution is 0.120. The number of rotatable bonds is 3. The van der Waals surface area contributed by atoms with Gasteiger partial charge in [0.15, 0.2) is 0 Å². The fourth-order valence-corrected chi connectivity index (χ4v) is 1.51. The molecular weight excluding hydrogens is 178 g/mol. The lowest BCUT2D eigenvalue weighted by Crippen LogP contribution is -2.19. The minimum Gasteiger partial charge on any atom is -0.393 e. The molecule has 0 spiro atoms. The molecular formula is C10H19N3O. The van der Waals surface area contributed by atoms with E-state index in [1.165, 1.54) is 0 Å². The first-order valence-electron chi connectivity index (χ1n) is 4.90. The molecule has 0 bridgehead atoms. The van der Waals surface area contributed by atoms with Gasteiger partial charge in [-0.3, -0.25) is 4.68 Å². The lowest BCUT2D eigenvalue weighted by Gasteiger charge is -2.21. The van der Waals surface area contributed by atoms with E-state index in [-0.39, 0.29) is 11.5 Å². The van der Waals surface area contributed by atoms with Gasteiger partial charge in [0.2, 0.25) is 0 Å². The average Bonchev–Trinajstić information content (AvgIpc) is 2.30. The summed E-state index contributed by atoms with van der Waals surface area (Å²) in [7, 11) is 1.83. The Morgan fingerprint density at radius 2 is 2.14 bits per heavy atom. The lowest BCUT2D eigenvalue weighted by atomic mass is 9.88. The van der Waals surface area contributed by atoms with Crippen molar-refractivity contribution >= 4 is 0 Å². The van der Waals surface area contributed by atoms with Crippen molar-refractivity contribution in [2.75, 3.05) is 0 Å². The molecule has 14 heavy (non-hydrogen) atoms. The molecule has 1 aromatic rings. The second-order valence-corrected chi connectivity index (χ2v) is 5.01. The number of aliphatic hydroxyl groups is 1. The van der Waals surface area contributed by atoms with Crippen LogP contribution in [0.15, 0.2) is 6.20 Å². The monoisotopic (exact) mass is 197 g/mol. The first-order chi connectivity index (χ1) is 6.37. The Hall–Kier alpha value is -0.900. The van der Waals surface area contributed by atoms with Gasteiger partial charge in [-0.2, -0.15) is 0 Å². The summed E-state index contributed by atoms with van der Waals surface area (Å²) >= 11 is 0. The number of aromatic nitrogens is 3. The van der Waals surface area contributed by atoms with E-state index < -0.39 is 0 Å². The maximum Gasteiger partial charge on any atom is 0.0852 e. The van der Waals surface area contributed by atoms with E-state index in [2.05, 4.69) is 31.1 Å². The van der Waals surface area contributed by atoms with E-state index in [1.807, 2.05) is 13.2 Å². The van der Waals surface area contributed by atoms with Gasteiger partial charge < -0.3 is 5.11 Å². The highest BCUT2D eigenvalue weighted by atomic mass is 16.3. The summed E-state index contributed by atoms with van der Waals surface area (Å²) in [6.45, 7) is 6.35. The molecule has 80 valence electrons. The molecule has 0 fully saturated rings. The second kappa shape index (κ2) is 4.09. The molecule has 4 nitrogen and oxygen atoms in total. The van der Waals surface area contributed by atoms with Gasteiger partial charge >= 0.3 is 0 Å². The molecule has 0 aromatic carbocycles. The Labute approximate surface area is 84.9 Å². The van der Waals surface area contributed by atoms with Crippen molar-refractivity contribution in [3.05, 3.63) is 11.9 Å². The van der Waals surface area contributed by atoms with Gasteiger partial charge in [-0.1, -0.05) is 26.0 Å². The number of nitrogens with zero attached hydrogens (tertiary/aromatic N) is 3. The van der Waals surface area contributed by atoms with Crippen LogP contribution in [0, 0.1) is 5.41 Å². The van der Waals surface area contributed by atoms with Gasteiger partial charge in [0, 0.05) is 19.7 Å². The Bertz CT molecular complexity index is 288. The summed E-state index contributed by atoms with van der Waals surface area (Å²) in [5, 5.41) is 17.5. The summed E-state index contributed by atoms with van der Waals surface area (Å²) < 4.78 is 1.65. The SMILES string of the molecule is Cn1cc(CC(O)CC(C)(C)C)nn1. The third-order valence-corrected chi connectivity index (χ3v) is 1.94. The summed E-state index contributed by atoms with van der Waals surface area (Å²) in [6.07, 6.45) is 2.88. The third-order valence-electron chi connectivity index (χ3n) is 1.94. The highest BCUT2D eigenvalue weighted by Crippen LogP contribution is 2.21. The van der Waals surface area contributed by atoms with Crippen LogP contribution in [0.5, 0.6) is 0 Å². The van der Waals surface area contributed by atoms with Crippen LogP contribution in [0.4, 0.5) is 0 Å². The molecule has 0 saturated heterocycles. The molecule has 4 heteroatoms. The van der Waals surface area contributed by atoms with Crippen LogP contribution in [0.2, 0.25) is 0 Å². The van der Waals surface area contributed by atoms with Crippen LogP contribution < -0.4 is 0 Å².